The first-order valence-electron chi connectivity index (χ1n) is 4.76. The summed E-state index contributed by atoms with van der Waals surface area (Å²) in [5.41, 5.74) is 2.15. The van der Waals surface area contributed by atoms with Crippen LogP contribution in [-0.4, -0.2) is 19.7 Å². The number of hydrogen-bond acceptors (Lipinski definition) is 4. The summed E-state index contributed by atoms with van der Waals surface area (Å²) in [6, 6.07) is 1.81. The van der Waals surface area contributed by atoms with Crippen molar-refractivity contribution in [2.75, 3.05) is 0 Å². The Morgan fingerprint density at radius 1 is 1.38 bits per heavy atom. The topological polar surface area (TPSA) is 43.6 Å². The third-order valence-corrected chi connectivity index (χ3v) is 4.06. The minimum absolute atomic E-state index is 0.785. The summed E-state index contributed by atoms with van der Waals surface area (Å²) in [5, 5.41) is 5.12. The molecule has 0 fully saturated rings. The molecule has 0 saturated carbocycles. The second-order valence-corrected chi connectivity index (χ2v) is 5.03. The molecule has 2 heterocycles. The molecule has 0 spiro atoms. The Bertz CT molecular complexity index is 483. The van der Waals surface area contributed by atoms with Crippen molar-refractivity contribution in [2.45, 2.75) is 17.8 Å². The van der Waals surface area contributed by atoms with Crippen LogP contribution in [0.4, 0.5) is 0 Å². The van der Waals surface area contributed by atoms with Crippen LogP contribution in [0.2, 0.25) is 0 Å². The summed E-state index contributed by atoms with van der Waals surface area (Å²) in [6.07, 6.45) is 3.50. The predicted molar refractivity (Wildman–Crippen MR) is 67.2 cm³/mol. The van der Waals surface area contributed by atoms with Crippen LogP contribution < -0.4 is 0 Å². The largest absolute Gasteiger partial charge is 0.270 e. The number of aromatic nitrogens is 4. The van der Waals surface area contributed by atoms with Crippen LogP contribution in [0.1, 0.15) is 11.4 Å². The van der Waals surface area contributed by atoms with Crippen molar-refractivity contribution in [3.8, 4) is 0 Å². The molecule has 16 heavy (non-hydrogen) atoms. The first-order valence-corrected chi connectivity index (χ1v) is 6.54. The van der Waals surface area contributed by atoms with Crippen molar-refractivity contribution in [1.82, 2.24) is 19.7 Å². The highest BCUT2D eigenvalue weighted by Crippen LogP contribution is 2.26. The normalized spacial score (nSPS) is 10.7. The van der Waals surface area contributed by atoms with Gasteiger partial charge in [-0.15, -0.1) is 0 Å². The van der Waals surface area contributed by atoms with E-state index < -0.39 is 0 Å². The van der Waals surface area contributed by atoms with Gasteiger partial charge in [0.05, 0.1) is 15.9 Å². The second kappa shape index (κ2) is 4.97. The maximum Gasteiger partial charge on any atom is 0.187 e. The van der Waals surface area contributed by atoms with E-state index in [0.29, 0.717) is 0 Å². The van der Waals surface area contributed by atoms with E-state index in [0.717, 1.165) is 26.8 Å². The molecule has 84 valence electrons. The highest BCUT2D eigenvalue weighted by Gasteiger charge is 2.11. The van der Waals surface area contributed by atoms with Crippen LogP contribution in [0.25, 0.3) is 0 Å². The molecule has 2 aromatic rings. The molecule has 0 radical (unpaired) electrons. The van der Waals surface area contributed by atoms with E-state index in [1.54, 1.807) is 24.2 Å². The van der Waals surface area contributed by atoms with Crippen molar-refractivity contribution in [3.63, 3.8) is 0 Å². The lowest BCUT2D eigenvalue weighted by Gasteiger charge is -2.01. The van der Waals surface area contributed by atoms with Gasteiger partial charge in [-0.1, -0.05) is 11.8 Å². The Labute approximate surface area is 107 Å². The standard InChI is InChI=1S/C10H11BrN4S/c1-7-9(11)8(15(2)14-7)6-16-10-12-4-3-5-13-10/h3-5H,6H2,1-2H3. The lowest BCUT2D eigenvalue weighted by Crippen LogP contribution is -1.97. The minimum atomic E-state index is 0.785. The third-order valence-electron chi connectivity index (χ3n) is 2.14. The van der Waals surface area contributed by atoms with Crippen LogP contribution in [0.15, 0.2) is 28.1 Å². The first kappa shape index (κ1) is 11.6. The van der Waals surface area contributed by atoms with Crippen molar-refractivity contribution >= 4 is 27.7 Å². The Kier molecular flexibility index (Phi) is 3.60. The number of hydrogen-bond donors (Lipinski definition) is 0. The van der Waals surface area contributed by atoms with E-state index >= 15 is 0 Å². The monoisotopic (exact) mass is 298 g/mol. The smallest absolute Gasteiger partial charge is 0.187 e. The van der Waals surface area contributed by atoms with Crippen molar-refractivity contribution < 1.29 is 0 Å². The number of thioether (sulfide) groups is 1. The molecule has 0 N–H and O–H groups in total. The molecule has 4 nitrogen and oxygen atoms in total. The minimum Gasteiger partial charge on any atom is -0.270 e. The summed E-state index contributed by atoms with van der Waals surface area (Å²) >= 11 is 5.14. The SMILES string of the molecule is Cc1nn(C)c(CSc2ncccn2)c1Br. The highest BCUT2D eigenvalue weighted by molar-refractivity contribution is 9.10. The van der Waals surface area contributed by atoms with Crippen molar-refractivity contribution in [2.24, 2.45) is 7.05 Å². The van der Waals surface area contributed by atoms with Crippen LogP contribution in [0.5, 0.6) is 0 Å². The number of aryl methyl sites for hydroxylation is 2. The summed E-state index contributed by atoms with van der Waals surface area (Å²) in [7, 11) is 1.94. The van der Waals surface area contributed by atoms with Crippen LogP contribution in [0.3, 0.4) is 0 Å². The van der Waals surface area contributed by atoms with Gasteiger partial charge < -0.3 is 0 Å². The van der Waals surface area contributed by atoms with Crippen LogP contribution in [-0.2, 0) is 12.8 Å². The second-order valence-electron chi connectivity index (χ2n) is 3.29. The average molecular weight is 299 g/mol. The third kappa shape index (κ3) is 2.44. The maximum atomic E-state index is 4.34. The van der Waals surface area contributed by atoms with E-state index in [4.69, 9.17) is 0 Å². The van der Waals surface area contributed by atoms with Gasteiger partial charge in [0.25, 0.3) is 0 Å². The van der Waals surface area contributed by atoms with E-state index in [-0.39, 0.29) is 0 Å². The molecule has 6 heteroatoms. The van der Waals surface area contributed by atoms with E-state index in [2.05, 4.69) is 31.0 Å². The van der Waals surface area contributed by atoms with Crippen LogP contribution in [0, 0.1) is 6.92 Å². The predicted octanol–water partition coefficient (Wildman–Crippen LogP) is 2.57. The van der Waals surface area contributed by atoms with Gasteiger partial charge in [-0.2, -0.15) is 5.10 Å². The van der Waals surface area contributed by atoms with Gasteiger partial charge in [0, 0.05) is 25.2 Å². The fourth-order valence-corrected chi connectivity index (χ4v) is 2.86. The van der Waals surface area contributed by atoms with Gasteiger partial charge in [-0.05, 0) is 28.9 Å². The quantitative estimate of drug-likeness (QED) is 0.645. The molecule has 0 bridgehead atoms. The van der Waals surface area contributed by atoms with E-state index in [1.165, 1.54) is 0 Å². The Morgan fingerprint density at radius 3 is 2.62 bits per heavy atom. The molecule has 0 saturated heterocycles. The fraction of sp³-hybridized carbons (Fsp3) is 0.300. The zero-order chi connectivity index (χ0) is 11.5. The van der Waals surface area contributed by atoms with Gasteiger partial charge in [0.15, 0.2) is 5.16 Å². The number of nitrogens with zero attached hydrogens (tertiary/aromatic N) is 4. The molecule has 0 aromatic carbocycles. The average Bonchev–Trinajstić information content (AvgIpc) is 2.53. The number of halogens is 1. The summed E-state index contributed by atoms with van der Waals surface area (Å²) in [4.78, 5) is 8.33. The summed E-state index contributed by atoms with van der Waals surface area (Å²) in [5.74, 6) is 0.807. The molecule has 0 aliphatic rings. The molecule has 2 aromatic heterocycles. The Hall–Kier alpha value is -0.880. The molecule has 0 atom stereocenters. The first-order chi connectivity index (χ1) is 7.68. The van der Waals surface area contributed by atoms with Gasteiger partial charge in [0.2, 0.25) is 0 Å². The Balaban J connectivity index is 2.11. The molecular formula is C10H11BrN4S. The molecule has 2 rings (SSSR count). The number of rotatable bonds is 3. The molecular weight excluding hydrogens is 288 g/mol. The highest BCUT2D eigenvalue weighted by atomic mass is 79.9. The molecule has 0 unspecified atom stereocenters. The van der Waals surface area contributed by atoms with Gasteiger partial charge in [-0.25, -0.2) is 9.97 Å². The lowest BCUT2D eigenvalue weighted by atomic mass is 10.4. The van der Waals surface area contributed by atoms with E-state index in [9.17, 15) is 0 Å². The maximum absolute atomic E-state index is 4.34. The van der Waals surface area contributed by atoms with E-state index in [1.807, 2.05) is 24.7 Å². The van der Waals surface area contributed by atoms with Gasteiger partial charge in [0.1, 0.15) is 0 Å². The lowest BCUT2D eigenvalue weighted by molar-refractivity contribution is 0.727. The van der Waals surface area contributed by atoms with Gasteiger partial charge in [-0.3, -0.25) is 4.68 Å². The summed E-state index contributed by atoms with van der Waals surface area (Å²) in [6.45, 7) is 1.98. The zero-order valence-electron chi connectivity index (χ0n) is 9.01. The van der Waals surface area contributed by atoms with Crippen molar-refractivity contribution in [3.05, 3.63) is 34.3 Å². The zero-order valence-corrected chi connectivity index (χ0v) is 11.4. The fourth-order valence-electron chi connectivity index (χ4n) is 1.33. The molecule has 0 amide bonds. The van der Waals surface area contributed by atoms with Gasteiger partial charge >= 0.3 is 0 Å². The molecule has 0 aliphatic carbocycles. The summed E-state index contributed by atoms with van der Waals surface area (Å²) < 4.78 is 2.95. The van der Waals surface area contributed by atoms with Crippen molar-refractivity contribution in [1.29, 1.82) is 0 Å². The Morgan fingerprint density at radius 2 is 2.06 bits per heavy atom. The molecule has 0 aliphatic heterocycles. The van der Waals surface area contributed by atoms with Crippen LogP contribution >= 0.6 is 27.7 Å².